The lowest BCUT2D eigenvalue weighted by Crippen LogP contribution is -2.19. The van der Waals surface area contributed by atoms with Gasteiger partial charge in [0.05, 0.1) is 22.1 Å². The molecule has 0 saturated carbocycles. The molecule has 146 valence electrons. The molecule has 2 amide bonds. The molecule has 1 aromatic heterocycles. The fraction of sp³-hybridized carbons (Fsp3) is 0.0909. The first-order chi connectivity index (χ1) is 14.1. The molecule has 4 rings (SSSR count). The number of ether oxygens (including phenoxy) is 1. The number of benzene rings is 3. The van der Waals surface area contributed by atoms with Crippen LogP contribution in [0.5, 0.6) is 5.75 Å². The van der Waals surface area contributed by atoms with Gasteiger partial charge in [0.25, 0.3) is 0 Å². The molecule has 1 heterocycles. The molecule has 3 N–H and O–H groups in total. The Morgan fingerprint density at radius 3 is 2.48 bits per heavy atom. The second-order valence-corrected chi connectivity index (χ2v) is 7.19. The predicted octanol–water partition coefficient (Wildman–Crippen LogP) is 6.04. The minimum atomic E-state index is -0.322. The quantitative estimate of drug-likeness (QED) is 0.346. The third kappa shape index (κ3) is 4.41. The normalized spacial score (nSPS) is 10.7. The fourth-order valence-electron chi connectivity index (χ4n) is 2.95. The van der Waals surface area contributed by atoms with Crippen molar-refractivity contribution in [1.82, 2.24) is 9.97 Å². The molecule has 4 aromatic rings. The van der Waals surface area contributed by atoms with Crippen molar-refractivity contribution in [3.05, 3.63) is 71.2 Å². The van der Waals surface area contributed by atoms with Gasteiger partial charge >= 0.3 is 6.03 Å². The second kappa shape index (κ2) is 8.36. The molecule has 0 atom stereocenters. The number of amides is 2. The number of anilines is 2. The van der Waals surface area contributed by atoms with E-state index in [1.807, 2.05) is 61.5 Å². The first kappa shape index (κ1) is 19.0. The SMILES string of the molecule is CCOc1ccc(NC(=O)Nc2ccc(-c3nc4ccccc4[nH]3)cc2)cc1Br. The Morgan fingerprint density at radius 2 is 1.76 bits per heavy atom. The maximum Gasteiger partial charge on any atom is 0.323 e. The van der Waals surface area contributed by atoms with Crippen molar-refractivity contribution in [1.29, 1.82) is 0 Å². The summed E-state index contributed by atoms with van der Waals surface area (Å²) in [5.74, 6) is 1.53. The Bertz CT molecular complexity index is 1120. The minimum Gasteiger partial charge on any atom is -0.493 e. The average molecular weight is 451 g/mol. The number of carbonyl (C=O) groups is 1. The zero-order chi connectivity index (χ0) is 20.2. The molecular formula is C22H19BrN4O2. The molecular weight excluding hydrogens is 432 g/mol. The number of imidazole rings is 1. The van der Waals surface area contributed by atoms with E-state index in [2.05, 4.69) is 36.5 Å². The van der Waals surface area contributed by atoms with Crippen LogP contribution in [0.15, 0.2) is 71.2 Å². The van der Waals surface area contributed by atoms with Crippen LogP contribution in [0.2, 0.25) is 0 Å². The maximum absolute atomic E-state index is 12.3. The highest BCUT2D eigenvalue weighted by Crippen LogP contribution is 2.28. The van der Waals surface area contributed by atoms with Crippen molar-refractivity contribution in [3.8, 4) is 17.1 Å². The zero-order valence-corrected chi connectivity index (χ0v) is 17.3. The summed E-state index contributed by atoms with van der Waals surface area (Å²) < 4.78 is 6.26. The molecule has 6 nitrogen and oxygen atoms in total. The van der Waals surface area contributed by atoms with Crippen LogP contribution in [0, 0.1) is 0 Å². The highest BCUT2D eigenvalue weighted by Gasteiger charge is 2.08. The standard InChI is InChI=1S/C22H19BrN4O2/c1-2-29-20-12-11-16(13-17(20)23)25-22(28)24-15-9-7-14(8-10-15)21-26-18-5-3-4-6-19(18)27-21/h3-13H,2H2,1H3,(H,26,27)(H2,24,25,28). The summed E-state index contributed by atoms with van der Waals surface area (Å²) in [7, 11) is 0. The Labute approximate surface area is 176 Å². The van der Waals surface area contributed by atoms with Gasteiger partial charge in [-0.15, -0.1) is 0 Å². The van der Waals surface area contributed by atoms with Crippen molar-refractivity contribution in [2.45, 2.75) is 6.92 Å². The molecule has 3 aromatic carbocycles. The lowest BCUT2D eigenvalue weighted by molar-refractivity contribution is 0.262. The Balaban J connectivity index is 1.42. The number of H-pyrrole nitrogens is 1. The predicted molar refractivity (Wildman–Crippen MR) is 119 cm³/mol. The van der Waals surface area contributed by atoms with Crippen LogP contribution >= 0.6 is 15.9 Å². The number of para-hydroxylation sites is 2. The van der Waals surface area contributed by atoms with Gasteiger partial charge in [-0.05, 0) is 77.5 Å². The van der Waals surface area contributed by atoms with Crippen molar-refractivity contribution in [2.75, 3.05) is 17.2 Å². The number of urea groups is 1. The largest absolute Gasteiger partial charge is 0.493 e. The van der Waals surface area contributed by atoms with E-state index in [0.29, 0.717) is 18.0 Å². The van der Waals surface area contributed by atoms with Gasteiger partial charge in [-0.25, -0.2) is 9.78 Å². The molecule has 0 radical (unpaired) electrons. The first-order valence-electron chi connectivity index (χ1n) is 9.18. The van der Waals surface area contributed by atoms with Crippen LogP contribution < -0.4 is 15.4 Å². The monoisotopic (exact) mass is 450 g/mol. The average Bonchev–Trinajstić information content (AvgIpc) is 3.15. The molecule has 0 saturated heterocycles. The number of aromatic amines is 1. The number of hydrogen-bond donors (Lipinski definition) is 3. The van der Waals surface area contributed by atoms with E-state index in [1.54, 1.807) is 12.1 Å². The van der Waals surface area contributed by atoms with Crippen molar-refractivity contribution < 1.29 is 9.53 Å². The van der Waals surface area contributed by atoms with Crippen LogP contribution in [0.1, 0.15) is 6.92 Å². The molecule has 0 unspecified atom stereocenters. The molecule has 7 heteroatoms. The van der Waals surface area contributed by atoms with E-state index in [-0.39, 0.29) is 6.03 Å². The van der Waals surface area contributed by atoms with E-state index < -0.39 is 0 Å². The van der Waals surface area contributed by atoms with Gasteiger partial charge in [-0.2, -0.15) is 0 Å². The summed E-state index contributed by atoms with van der Waals surface area (Å²) >= 11 is 3.44. The van der Waals surface area contributed by atoms with Crippen molar-refractivity contribution in [3.63, 3.8) is 0 Å². The summed E-state index contributed by atoms with van der Waals surface area (Å²) in [6.45, 7) is 2.50. The van der Waals surface area contributed by atoms with E-state index in [1.165, 1.54) is 0 Å². The summed E-state index contributed by atoms with van der Waals surface area (Å²) in [4.78, 5) is 20.2. The van der Waals surface area contributed by atoms with Crippen LogP contribution in [-0.2, 0) is 0 Å². The fourth-order valence-corrected chi connectivity index (χ4v) is 3.44. The molecule has 0 spiro atoms. The van der Waals surface area contributed by atoms with Crippen LogP contribution in [0.25, 0.3) is 22.4 Å². The summed E-state index contributed by atoms with van der Waals surface area (Å²) in [5, 5.41) is 5.64. The van der Waals surface area contributed by atoms with E-state index in [0.717, 1.165) is 32.6 Å². The molecule has 0 aliphatic heterocycles. The summed E-state index contributed by atoms with van der Waals surface area (Å²) in [6.07, 6.45) is 0. The number of aromatic nitrogens is 2. The van der Waals surface area contributed by atoms with Gasteiger partial charge in [0.15, 0.2) is 0 Å². The van der Waals surface area contributed by atoms with Gasteiger partial charge < -0.3 is 20.4 Å². The molecule has 0 bridgehead atoms. The number of hydrogen-bond acceptors (Lipinski definition) is 3. The molecule has 0 aliphatic rings. The van der Waals surface area contributed by atoms with Crippen molar-refractivity contribution in [2.24, 2.45) is 0 Å². The molecule has 29 heavy (non-hydrogen) atoms. The van der Waals surface area contributed by atoms with Crippen LogP contribution in [0.4, 0.5) is 16.2 Å². The van der Waals surface area contributed by atoms with Crippen LogP contribution in [0.3, 0.4) is 0 Å². The number of nitrogens with zero attached hydrogens (tertiary/aromatic N) is 1. The minimum absolute atomic E-state index is 0.322. The highest BCUT2D eigenvalue weighted by molar-refractivity contribution is 9.10. The topological polar surface area (TPSA) is 79.0 Å². The van der Waals surface area contributed by atoms with Crippen LogP contribution in [-0.4, -0.2) is 22.6 Å². The Hall–Kier alpha value is -3.32. The first-order valence-corrected chi connectivity index (χ1v) is 9.97. The lowest BCUT2D eigenvalue weighted by Gasteiger charge is -2.10. The summed E-state index contributed by atoms with van der Waals surface area (Å²) in [6, 6.07) is 20.5. The van der Waals surface area contributed by atoms with E-state index in [9.17, 15) is 4.79 Å². The molecule has 0 aliphatic carbocycles. The highest BCUT2D eigenvalue weighted by atomic mass is 79.9. The molecule has 0 fully saturated rings. The number of nitrogens with one attached hydrogen (secondary N) is 3. The van der Waals surface area contributed by atoms with Gasteiger partial charge in [0.2, 0.25) is 0 Å². The van der Waals surface area contributed by atoms with Gasteiger partial charge in [0, 0.05) is 16.9 Å². The Morgan fingerprint density at radius 1 is 1.03 bits per heavy atom. The van der Waals surface area contributed by atoms with Gasteiger partial charge in [-0.1, -0.05) is 12.1 Å². The van der Waals surface area contributed by atoms with Gasteiger partial charge in [-0.3, -0.25) is 0 Å². The van der Waals surface area contributed by atoms with Crippen molar-refractivity contribution >= 4 is 44.4 Å². The van der Waals surface area contributed by atoms with Gasteiger partial charge in [0.1, 0.15) is 11.6 Å². The number of halogens is 1. The smallest absolute Gasteiger partial charge is 0.323 e. The third-order valence-corrected chi connectivity index (χ3v) is 4.91. The van der Waals surface area contributed by atoms with E-state index >= 15 is 0 Å². The third-order valence-electron chi connectivity index (χ3n) is 4.30. The van der Waals surface area contributed by atoms with E-state index in [4.69, 9.17) is 4.74 Å². The number of fused-ring (bicyclic) bond motifs is 1. The maximum atomic E-state index is 12.3. The zero-order valence-electron chi connectivity index (χ0n) is 15.7. The number of rotatable bonds is 5. The summed E-state index contributed by atoms with van der Waals surface area (Å²) in [5.41, 5.74) is 4.21. The second-order valence-electron chi connectivity index (χ2n) is 6.34. The number of carbonyl (C=O) groups excluding carboxylic acids is 1. The lowest BCUT2D eigenvalue weighted by atomic mass is 10.2. The Kier molecular flexibility index (Phi) is 5.48.